The van der Waals surface area contributed by atoms with Gasteiger partial charge in [0.25, 0.3) is 5.91 Å². The van der Waals surface area contributed by atoms with Gasteiger partial charge in [-0.15, -0.1) is 0 Å². The predicted molar refractivity (Wildman–Crippen MR) is 82.1 cm³/mol. The number of benzene rings is 1. The predicted octanol–water partition coefficient (Wildman–Crippen LogP) is 1.88. The lowest BCUT2D eigenvalue weighted by atomic mass is 10.2. The number of nitrogens with one attached hydrogen (secondary N) is 1. The van der Waals surface area contributed by atoms with Gasteiger partial charge in [0.15, 0.2) is 0 Å². The topological polar surface area (TPSA) is 50.2 Å². The lowest BCUT2D eigenvalue weighted by Gasteiger charge is -2.27. The van der Waals surface area contributed by atoms with Gasteiger partial charge in [0.05, 0.1) is 28.2 Å². The molecule has 1 aliphatic heterocycles. The Bertz CT molecular complexity index is 661. The fourth-order valence-electron chi connectivity index (χ4n) is 2.52. The summed E-state index contributed by atoms with van der Waals surface area (Å²) in [4.78, 5) is 14.4. The zero-order valence-corrected chi connectivity index (χ0v) is 12.6. The third-order valence-electron chi connectivity index (χ3n) is 3.73. The van der Waals surface area contributed by atoms with Gasteiger partial charge in [-0.2, -0.15) is 5.10 Å². The highest BCUT2D eigenvalue weighted by Crippen LogP contribution is 2.22. The second kappa shape index (κ2) is 5.87. The third-order valence-corrected chi connectivity index (χ3v) is 4.04. The highest BCUT2D eigenvalue weighted by molar-refractivity contribution is 6.32. The van der Waals surface area contributed by atoms with E-state index in [0.29, 0.717) is 10.6 Å². The molecule has 0 spiro atoms. The molecule has 1 saturated heterocycles. The first-order valence-electron chi connectivity index (χ1n) is 6.98. The van der Waals surface area contributed by atoms with E-state index in [1.807, 2.05) is 36.1 Å². The molecule has 21 heavy (non-hydrogen) atoms. The number of para-hydroxylation sites is 1. The van der Waals surface area contributed by atoms with Crippen molar-refractivity contribution in [3.05, 3.63) is 46.7 Å². The third kappa shape index (κ3) is 2.66. The molecule has 0 aliphatic carbocycles. The molecule has 0 saturated carbocycles. The van der Waals surface area contributed by atoms with Crippen LogP contribution in [0.3, 0.4) is 0 Å². The van der Waals surface area contributed by atoms with Gasteiger partial charge in [0.1, 0.15) is 0 Å². The van der Waals surface area contributed by atoms with E-state index in [1.165, 1.54) is 0 Å². The summed E-state index contributed by atoms with van der Waals surface area (Å²) in [7, 11) is 0. The van der Waals surface area contributed by atoms with E-state index in [0.717, 1.165) is 37.6 Å². The van der Waals surface area contributed by atoms with Crippen molar-refractivity contribution in [1.82, 2.24) is 20.0 Å². The summed E-state index contributed by atoms with van der Waals surface area (Å²) in [5.41, 5.74) is 2.24. The average molecular weight is 305 g/mol. The summed E-state index contributed by atoms with van der Waals surface area (Å²) in [6.45, 7) is 5.03. The SMILES string of the molecule is Cc1c(C(=O)N2CCNCC2)cnn1-c1ccccc1Cl. The van der Waals surface area contributed by atoms with Crippen molar-refractivity contribution in [2.45, 2.75) is 6.92 Å². The van der Waals surface area contributed by atoms with Crippen molar-refractivity contribution >= 4 is 17.5 Å². The number of carbonyl (C=O) groups excluding carboxylic acids is 1. The molecule has 110 valence electrons. The van der Waals surface area contributed by atoms with E-state index in [2.05, 4.69) is 10.4 Å². The van der Waals surface area contributed by atoms with Crippen LogP contribution in [0.25, 0.3) is 5.69 Å². The summed E-state index contributed by atoms with van der Waals surface area (Å²) in [5.74, 6) is 0.0345. The van der Waals surface area contributed by atoms with Crippen LogP contribution in [0.4, 0.5) is 0 Å². The van der Waals surface area contributed by atoms with Crippen LogP contribution in [0.2, 0.25) is 5.02 Å². The monoisotopic (exact) mass is 304 g/mol. The molecule has 2 aromatic rings. The summed E-state index contributed by atoms with van der Waals surface area (Å²) < 4.78 is 1.72. The first-order valence-corrected chi connectivity index (χ1v) is 7.36. The Kier molecular flexibility index (Phi) is 3.94. The van der Waals surface area contributed by atoms with E-state index in [9.17, 15) is 4.79 Å². The van der Waals surface area contributed by atoms with E-state index in [4.69, 9.17) is 11.6 Å². The fraction of sp³-hybridized carbons (Fsp3) is 0.333. The highest BCUT2D eigenvalue weighted by atomic mass is 35.5. The molecule has 1 amide bonds. The van der Waals surface area contributed by atoms with E-state index in [1.54, 1.807) is 10.9 Å². The summed E-state index contributed by atoms with van der Waals surface area (Å²) in [5, 5.41) is 8.19. The van der Waals surface area contributed by atoms with Crippen molar-refractivity contribution in [2.24, 2.45) is 0 Å². The second-order valence-corrected chi connectivity index (χ2v) is 5.46. The fourth-order valence-corrected chi connectivity index (χ4v) is 2.74. The summed E-state index contributed by atoms with van der Waals surface area (Å²) >= 11 is 6.20. The molecule has 0 bridgehead atoms. The van der Waals surface area contributed by atoms with Crippen LogP contribution in [-0.4, -0.2) is 46.8 Å². The maximum absolute atomic E-state index is 12.6. The molecule has 3 rings (SSSR count). The Morgan fingerprint density at radius 2 is 2.00 bits per heavy atom. The number of rotatable bonds is 2. The molecular formula is C15H17ClN4O. The van der Waals surface area contributed by atoms with Crippen LogP contribution in [0.1, 0.15) is 16.1 Å². The lowest BCUT2D eigenvalue weighted by molar-refractivity contribution is 0.0735. The average Bonchev–Trinajstić information content (AvgIpc) is 2.89. The van der Waals surface area contributed by atoms with Gasteiger partial charge in [-0.25, -0.2) is 4.68 Å². The molecular weight excluding hydrogens is 288 g/mol. The molecule has 1 aromatic heterocycles. The zero-order valence-electron chi connectivity index (χ0n) is 11.8. The summed E-state index contributed by atoms with van der Waals surface area (Å²) in [6, 6.07) is 7.48. The molecule has 5 nitrogen and oxygen atoms in total. The Hall–Kier alpha value is -1.85. The van der Waals surface area contributed by atoms with E-state index >= 15 is 0 Å². The number of hydrogen-bond donors (Lipinski definition) is 1. The molecule has 0 atom stereocenters. The van der Waals surface area contributed by atoms with E-state index in [-0.39, 0.29) is 5.91 Å². The van der Waals surface area contributed by atoms with Crippen molar-refractivity contribution in [2.75, 3.05) is 26.2 Å². The van der Waals surface area contributed by atoms with Gasteiger partial charge in [-0.1, -0.05) is 23.7 Å². The second-order valence-electron chi connectivity index (χ2n) is 5.05. The Morgan fingerprint density at radius 1 is 1.29 bits per heavy atom. The molecule has 2 heterocycles. The minimum absolute atomic E-state index is 0.0345. The number of nitrogens with zero attached hydrogens (tertiary/aromatic N) is 3. The standard InChI is InChI=1S/C15H17ClN4O/c1-11-12(15(21)19-8-6-17-7-9-19)10-18-20(11)14-5-3-2-4-13(14)16/h2-5,10,17H,6-9H2,1H3. The highest BCUT2D eigenvalue weighted by Gasteiger charge is 2.22. The molecule has 1 fully saturated rings. The largest absolute Gasteiger partial charge is 0.336 e. The van der Waals surface area contributed by atoms with Gasteiger partial charge in [-0.05, 0) is 19.1 Å². The summed E-state index contributed by atoms with van der Waals surface area (Å²) in [6.07, 6.45) is 1.63. The van der Waals surface area contributed by atoms with Gasteiger partial charge in [0, 0.05) is 26.2 Å². The lowest BCUT2D eigenvalue weighted by Crippen LogP contribution is -2.46. The van der Waals surface area contributed by atoms with Gasteiger partial charge in [0.2, 0.25) is 0 Å². The number of aromatic nitrogens is 2. The molecule has 6 heteroatoms. The zero-order chi connectivity index (χ0) is 14.8. The maximum atomic E-state index is 12.6. The quantitative estimate of drug-likeness (QED) is 0.921. The van der Waals surface area contributed by atoms with Crippen LogP contribution in [0, 0.1) is 6.92 Å². The number of carbonyl (C=O) groups is 1. The Labute approximate surface area is 128 Å². The van der Waals surface area contributed by atoms with Crippen molar-refractivity contribution in [3.8, 4) is 5.69 Å². The Morgan fingerprint density at radius 3 is 2.71 bits per heavy atom. The van der Waals surface area contributed by atoms with Crippen LogP contribution in [0.15, 0.2) is 30.5 Å². The van der Waals surface area contributed by atoms with Gasteiger partial charge < -0.3 is 10.2 Å². The molecule has 0 radical (unpaired) electrons. The number of piperazine rings is 1. The first-order chi connectivity index (χ1) is 10.2. The van der Waals surface area contributed by atoms with Crippen LogP contribution < -0.4 is 5.32 Å². The minimum Gasteiger partial charge on any atom is -0.336 e. The first kappa shape index (κ1) is 14.1. The van der Waals surface area contributed by atoms with E-state index < -0.39 is 0 Å². The number of halogens is 1. The molecule has 1 N–H and O–H groups in total. The smallest absolute Gasteiger partial charge is 0.257 e. The van der Waals surface area contributed by atoms with Crippen LogP contribution in [0.5, 0.6) is 0 Å². The van der Waals surface area contributed by atoms with Gasteiger partial charge >= 0.3 is 0 Å². The molecule has 1 aliphatic rings. The van der Waals surface area contributed by atoms with Crippen molar-refractivity contribution < 1.29 is 4.79 Å². The maximum Gasteiger partial charge on any atom is 0.257 e. The minimum atomic E-state index is 0.0345. The number of hydrogen-bond acceptors (Lipinski definition) is 3. The van der Waals surface area contributed by atoms with Crippen molar-refractivity contribution in [3.63, 3.8) is 0 Å². The number of amides is 1. The van der Waals surface area contributed by atoms with Crippen LogP contribution >= 0.6 is 11.6 Å². The normalized spacial score (nSPS) is 15.2. The van der Waals surface area contributed by atoms with Gasteiger partial charge in [-0.3, -0.25) is 4.79 Å². The van der Waals surface area contributed by atoms with Crippen LogP contribution in [-0.2, 0) is 0 Å². The Balaban J connectivity index is 1.92. The van der Waals surface area contributed by atoms with Crippen molar-refractivity contribution in [1.29, 1.82) is 0 Å². The molecule has 0 unspecified atom stereocenters. The molecule has 1 aromatic carbocycles.